The average molecular weight is 428 g/mol. The summed E-state index contributed by atoms with van der Waals surface area (Å²) < 4.78 is 23.7. The van der Waals surface area contributed by atoms with Gasteiger partial charge in [-0.2, -0.15) is 0 Å². The van der Waals surface area contributed by atoms with Gasteiger partial charge in [0, 0.05) is 17.7 Å². The zero-order valence-corrected chi connectivity index (χ0v) is 17.6. The van der Waals surface area contributed by atoms with Gasteiger partial charge in [0.2, 0.25) is 0 Å². The molecule has 0 saturated heterocycles. The number of carbonyl (C=O) groups excluding carboxylic acids is 2. The van der Waals surface area contributed by atoms with Gasteiger partial charge in [-0.3, -0.25) is 4.79 Å². The summed E-state index contributed by atoms with van der Waals surface area (Å²) in [6.45, 7) is 3.44. The van der Waals surface area contributed by atoms with E-state index >= 15 is 0 Å². The number of esters is 1. The highest BCUT2D eigenvalue weighted by Crippen LogP contribution is 2.28. The number of carbonyl (C=O) groups is 2. The largest absolute Gasteiger partial charge is 0.496 e. The van der Waals surface area contributed by atoms with Crippen molar-refractivity contribution in [2.24, 2.45) is 0 Å². The molecule has 0 saturated carbocycles. The van der Waals surface area contributed by atoms with Crippen molar-refractivity contribution in [3.8, 4) is 16.3 Å². The molecule has 1 N–H and O–H groups in total. The van der Waals surface area contributed by atoms with Crippen LogP contribution in [0.25, 0.3) is 10.6 Å². The number of rotatable bonds is 7. The SMILES string of the molecule is COc1ccccc1CNC(=O)C(C)OC(=O)c1sc(-c2ccc(F)cc2)nc1C. The summed E-state index contributed by atoms with van der Waals surface area (Å²) in [6.07, 6.45) is -0.983. The molecule has 6 nitrogen and oxygen atoms in total. The third kappa shape index (κ3) is 5.01. The molecular weight excluding hydrogens is 407 g/mol. The molecule has 0 aliphatic carbocycles. The number of hydrogen-bond acceptors (Lipinski definition) is 6. The molecule has 30 heavy (non-hydrogen) atoms. The molecule has 1 unspecified atom stereocenters. The summed E-state index contributed by atoms with van der Waals surface area (Å²) in [4.78, 5) is 29.6. The Morgan fingerprint density at radius 1 is 1.17 bits per heavy atom. The maximum Gasteiger partial charge on any atom is 0.351 e. The molecule has 1 atom stereocenters. The first-order valence-corrected chi connectivity index (χ1v) is 10.0. The molecule has 0 aliphatic heterocycles. The summed E-state index contributed by atoms with van der Waals surface area (Å²) in [5, 5.41) is 3.31. The van der Waals surface area contributed by atoms with E-state index in [4.69, 9.17) is 9.47 Å². The summed E-state index contributed by atoms with van der Waals surface area (Å²) in [5.74, 6) is -0.732. The van der Waals surface area contributed by atoms with Crippen molar-refractivity contribution < 1.29 is 23.5 Å². The van der Waals surface area contributed by atoms with Crippen molar-refractivity contribution >= 4 is 23.2 Å². The zero-order chi connectivity index (χ0) is 21.7. The molecule has 8 heteroatoms. The first kappa shape index (κ1) is 21.4. The van der Waals surface area contributed by atoms with E-state index in [1.54, 1.807) is 32.2 Å². The molecule has 0 bridgehead atoms. The van der Waals surface area contributed by atoms with E-state index in [0.717, 1.165) is 16.9 Å². The Kier molecular flexibility index (Phi) is 6.79. The summed E-state index contributed by atoms with van der Waals surface area (Å²) in [5.41, 5.74) is 2.01. The molecule has 0 fully saturated rings. The minimum absolute atomic E-state index is 0.249. The Morgan fingerprint density at radius 2 is 1.87 bits per heavy atom. The predicted octanol–water partition coefficient (Wildman–Crippen LogP) is 4.13. The second-order valence-corrected chi connectivity index (χ2v) is 7.52. The molecule has 0 spiro atoms. The van der Waals surface area contributed by atoms with Crippen LogP contribution in [-0.4, -0.2) is 30.1 Å². The van der Waals surface area contributed by atoms with Crippen molar-refractivity contribution in [3.63, 3.8) is 0 Å². The van der Waals surface area contributed by atoms with Crippen LogP contribution in [0.1, 0.15) is 27.9 Å². The fourth-order valence-corrected chi connectivity index (χ4v) is 3.70. The zero-order valence-electron chi connectivity index (χ0n) is 16.8. The number of ether oxygens (including phenoxy) is 2. The molecule has 3 rings (SSSR count). The van der Waals surface area contributed by atoms with Crippen LogP contribution < -0.4 is 10.1 Å². The van der Waals surface area contributed by atoms with Crippen LogP contribution in [0.3, 0.4) is 0 Å². The molecule has 156 valence electrons. The van der Waals surface area contributed by atoms with Crippen LogP contribution in [-0.2, 0) is 16.1 Å². The number of halogens is 1. The highest BCUT2D eigenvalue weighted by atomic mass is 32.1. The molecule has 1 aromatic heterocycles. The van der Waals surface area contributed by atoms with E-state index in [-0.39, 0.29) is 12.4 Å². The summed E-state index contributed by atoms with van der Waals surface area (Å²) >= 11 is 1.14. The third-order valence-electron chi connectivity index (χ3n) is 4.37. The Bertz CT molecular complexity index is 1050. The number of nitrogens with zero attached hydrogens (tertiary/aromatic N) is 1. The van der Waals surface area contributed by atoms with E-state index in [0.29, 0.717) is 26.9 Å². The lowest BCUT2D eigenvalue weighted by Crippen LogP contribution is -2.35. The highest BCUT2D eigenvalue weighted by molar-refractivity contribution is 7.17. The Labute approximate surface area is 177 Å². The smallest absolute Gasteiger partial charge is 0.351 e. The summed E-state index contributed by atoms with van der Waals surface area (Å²) in [6, 6.07) is 13.2. The highest BCUT2D eigenvalue weighted by Gasteiger charge is 2.23. The van der Waals surface area contributed by atoms with Crippen LogP contribution >= 0.6 is 11.3 Å². The van der Waals surface area contributed by atoms with E-state index in [1.165, 1.54) is 19.1 Å². The second-order valence-electron chi connectivity index (χ2n) is 6.52. The van der Waals surface area contributed by atoms with Gasteiger partial charge >= 0.3 is 5.97 Å². The van der Waals surface area contributed by atoms with Gasteiger partial charge in [-0.05, 0) is 44.2 Å². The quantitative estimate of drug-likeness (QED) is 0.573. The van der Waals surface area contributed by atoms with E-state index in [1.807, 2.05) is 18.2 Å². The molecule has 1 heterocycles. The van der Waals surface area contributed by atoms with Crippen molar-refractivity contribution in [2.75, 3.05) is 7.11 Å². The van der Waals surface area contributed by atoms with Crippen LogP contribution in [0.2, 0.25) is 0 Å². The number of benzene rings is 2. The molecule has 2 aromatic carbocycles. The Balaban J connectivity index is 1.62. The molecule has 0 radical (unpaired) electrons. The second kappa shape index (κ2) is 9.49. The van der Waals surface area contributed by atoms with Gasteiger partial charge in [-0.25, -0.2) is 14.2 Å². The minimum atomic E-state index is -0.983. The lowest BCUT2D eigenvalue weighted by molar-refractivity contribution is -0.129. The van der Waals surface area contributed by atoms with Crippen LogP contribution in [0.5, 0.6) is 5.75 Å². The van der Waals surface area contributed by atoms with Crippen molar-refractivity contribution in [1.82, 2.24) is 10.3 Å². The molecule has 1 amide bonds. The molecule has 3 aromatic rings. The van der Waals surface area contributed by atoms with E-state index in [9.17, 15) is 14.0 Å². The van der Waals surface area contributed by atoms with Crippen molar-refractivity contribution in [3.05, 3.63) is 70.5 Å². The van der Waals surface area contributed by atoms with Crippen LogP contribution in [0, 0.1) is 12.7 Å². The normalized spacial score (nSPS) is 11.6. The van der Waals surface area contributed by atoms with Gasteiger partial charge in [0.05, 0.1) is 12.8 Å². The summed E-state index contributed by atoms with van der Waals surface area (Å²) in [7, 11) is 1.56. The third-order valence-corrected chi connectivity index (χ3v) is 5.56. The molecular formula is C22H21FN2O4S. The van der Waals surface area contributed by atoms with Gasteiger partial charge in [-0.1, -0.05) is 18.2 Å². The Morgan fingerprint density at radius 3 is 2.57 bits per heavy atom. The first-order valence-electron chi connectivity index (χ1n) is 9.23. The van der Waals surface area contributed by atoms with Crippen molar-refractivity contribution in [1.29, 1.82) is 0 Å². The fourth-order valence-electron chi connectivity index (χ4n) is 2.74. The average Bonchev–Trinajstić information content (AvgIpc) is 3.14. The van der Waals surface area contributed by atoms with Gasteiger partial charge in [-0.15, -0.1) is 11.3 Å². The minimum Gasteiger partial charge on any atom is -0.496 e. The number of aryl methyl sites for hydroxylation is 1. The number of hydrogen-bond donors (Lipinski definition) is 1. The van der Waals surface area contributed by atoms with Crippen LogP contribution in [0.4, 0.5) is 4.39 Å². The lowest BCUT2D eigenvalue weighted by Gasteiger charge is -2.14. The maximum absolute atomic E-state index is 13.1. The number of methoxy groups -OCH3 is 1. The number of para-hydroxylation sites is 1. The monoisotopic (exact) mass is 428 g/mol. The molecule has 0 aliphatic rings. The maximum atomic E-state index is 13.1. The van der Waals surface area contributed by atoms with Gasteiger partial charge in [0.1, 0.15) is 21.5 Å². The van der Waals surface area contributed by atoms with E-state index in [2.05, 4.69) is 10.3 Å². The standard InChI is InChI=1S/C22H21FN2O4S/c1-13-19(30-21(25-13)15-8-10-17(23)11-9-15)22(27)29-14(2)20(26)24-12-16-6-4-5-7-18(16)28-3/h4-11,14H,12H2,1-3H3,(H,24,26). The number of aromatic nitrogens is 1. The van der Waals surface area contributed by atoms with Gasteiger partial charge < -0.3 is 14.8 Å². The topological polar surface area (TPSA) is 77.5 Å². The van der Waals surface area contributed by atoms with Crippen molar-refractivity contribution in [2.45, 2.75) is 26.5 Å². The van der Waals surface area contributed by atoms with E-state index < -0.39 is 18.0 Å². The fraction of sp³-hybridized carbons (Fsp3) is 0.227. The van der Waals surface area contributed by atoms with Gasteiger partial charge in [0.15, 0.2) is 6.10 Å². The van der Waals surface area contributed by atoms with Gasteiger partial charge in [0.25, 0.3) is 5.91 Å². The number of amides is 1. The number of thiazole rings is 1. The lowest BCUT2D eigenvalue weighted by atomic mass is 10.2. The predicted molar refractivity (Wildman–Crippen MR) is 112 cm³/mol. The van der Waals surface area contributed by atoms with Crippen LogP contribution in [0.15, 0.2) is 48.5 Å². The Hall–Kier alpha value is -3.26. The first-order chi connectivity index (χ1) is 14.4. The number of nitrogens with one attached hydrogen (secondary N) is 1.